The molecule has 3 heteroatoms. The summed E-state index contributed by atoms with van der Waals surface area (Å²) in [5, 5.41) is 3.54. The average molecular weight is 277 g/mol. The lowest BCUT2D eigenvalue weighted by atomic mass is 10.1. The Bertz CT molecular complexity index is 393. The van der Waals surface area contributed by atoms with Gasteiger partial charge in [0, 0.05) is 31.7 Å². The number of hydrogen-bond donors (Lipinski definition) is 1. The summed E-state index contributed by atoms with van der Waals surface area (Å²) >= 11 is 0. The van der Waals surface area contributed by atoms with Crippen molar-refractivity contribution < 1.29 is 0 Å². The van der Waals surface area contributed by atoms with Crippen LogP contribution in [-0.4, -0.2) is 49.6 Å². The van der Waals surface area contributed by atoms with E-state index < -0.39 is 0 Å². The third kappa shape index (κ3) is 7.63. The van der Waals surface area contributed by atoms with Gasteiger partial charge in [0.1, 0.15) is 0 Å². The monoisotopic (exact) mass is 277 g/mol. The van der Waals surface area contributed by atoms with Crippen molar-refractivity contribution in [1.82, 2.24) is 15.1 Å². The summed E-state index contributed by atoms with van der Waals surface area (Å²) in [5.41, 5.74) is 2.91. The Balaban J connectivity index is 2.50. The molecule has 0 atom stereocenters. The molecular weight excluding hydrogens is 246 g/mol. The van der Waals surface area contributed by atoms with Gasteiger partial charge in [-0.1, -0.05) is 24.3 Å². The molecule has 1 rings (SSSR count). The Morgan fingerprint density at radius 1 is 1.00 bits per heavy atom. The molecule has 0 saturated carbocycles. The number of benzene rings is 1. The minimum absolute atomic E-state index is 0.165. The molecule has 0 saturated heterocycles. The van der Waals surface area contributed by atoms with E-state index in [2.05, 4.69) is 81.3 Å². The molecule has 1 aromatic rings. The van der Waals surface area contributed by atoms with Crippen LogP contribution in [0.3, 0.4) is 0 Å². The zero-order valence-electron chi connectivity index (χ0n) is 14.0. The van der Waals surface area contributed by atoms with Crippen LogP contribution in [0.4, 0.5) is 0 Å². The van der Waals surface area contributed by atoms with Gasteiger partial charge < -0.3 is 15.1 Å². The molecule has 0 unspecified atom stereocenters. The van der Waals surface area contributed by atoms with Gasteiger partial charge in [-0.25, -0.2) is 0 Å². The van der Waals surface area contributed by atoms with Crippen molar-refractivity contribution in [3.8, 4) is 0 Å². The normalized spacial score (nSPS) is 12.4. The summed E-state index contributed by atoms with van der Waals surface area (Å²) < 4.78 is 0. The van der Waals surface area contributed by atoms with Crippen molar-refractivity contribution in [2.24, 2.45) is 0 Å². The molecule has 1 N–H and O–H groups in total. The molecule has 114 valence electrons. The van der Waals surface area contributed by atoms with Gasteiger partial charge in [0.05, 0.1) is 0 Å². The minimum Gasteiger partial charge on any atom is -0.308 e. The van der Waals surface area contributed by atoms with Crippen LogP contribution in [0, 0.1) is 0 Å². The largest absolute Gasteiger partial charge is 0.308 e. The summed E-state index contributed by atoms with van der Waals surface area (Å²) in [4.78, 5) is 4.59. The fraction of sp³-hybridized carbons (Fsp3) is 0.647. The number of likely N-dealkylation sites (N-methyl/N-ethyl adjacent to an activating group) is 2. The molecule has 0 aliphatic carbocycles. The van der Waals surface area contributed by atoms with E-state index in [0.29, 0.717) is 0 Å². The predicted octanol–water partition coefficient (Wildman–Crippen LogP) is 2.57. The SMILES string of the molecule is CN(C)CCN(C)Cc1cccc(CNC(C)(C)C)c1. The van der Waals surface area contributed by atoms with Crippen molar-refractivity contribution >= 4 is 0 Å². The second kappa shape index (κ2) is 7.77. The van der Waals surface area contributed by atoms with Crippen LogP contribution in [0.1, 0.15) is 31.9 Å². The maximum Gasteiger partial charge on any atom is 0.0231 e. The van der Waals surface area contributed by atoms with Gasteiger partial charge in [-0.2, -0.15) is 0 Å². The highest BCUT2D eigenvalue weighted by Gasteiger charge is 2.08. The van der Waals surface area contributed by atoms with Crippen LogP contribution in [0.25, 0.3) is 0 Å². The molecule has 0 radical (unpaired) electrons. The zero-order valence-corrected chi connectivity index (χ0v) is 14.0. The Morgan fingerprint density at radius 2 is 1.65 bits per heavy atom. The molecule has 0 aromatic heterocycles. The molecule has 0 amide bonds. The van der Waals surface area contributed by atoms with Crippen molar-refractivity contribution in [3.05, 3.63) is 35.4 Å². The van der Waals surface area contributed by atoms with Crippen molar-refractivity contribution in [3.63, 3.8) is 0 Å². The second-order valence-electron chi connectivity index (χ2n) is 6.96. The van der Waals surface area contributed by atoms with Gasteiger partial charge in [-0.05, 0) is 53.0 Å². The number of rotatable bonds is 7. The van der Waals surface area contributed by atoms with Crippen LogP contribution in [0.5, 0.6) is 0 Å². The van der Waals surface area contributed by atoms with E-state index in [1.54, 1.807) is 0 Å². The molecule has 0 aliphatic heterocycles. The van der Waals surface area contributed by atoms with Gasteiger partial charge >= 0.3 is 0 Å². The van der Waals surface area contributed by atoms with Crippen LogP contribution in [0.2, 0.25) is 0 Å². The Morgan fingerprint density at radius 3 is 2.25 bits per heavy atom. The first-order valence-electron chi connectivity index (χ1n) is 7.42. The van der Waals surface area contributed by atoms with E-state index in [-0.39, 0.29) is 5.54 Å². The predicted molar refractivity (Wildman–Crippen MR) is 87.9 cm³/mol. The van der Waals surface area contributed by atoms with E-state index in [0.717, 1.165) is 26.2 Å². The number of nitrogens with zero attached hydrogens (tertiary/aromatic N) is 2. The summed E-state index contributed by atoms with van der Waals surface area (Å²) in [7, 11) is 6.42. The summed E-state index contributed by atoms with van der Waals surface area (Å²) in [5.74, 6) is 0. The topological polar surface area (TPSA) is 18.5 Å². The number of hydrogen-bond acceptors (Lipinski definition) is 3. The molecule has 0 aliphatic rings. The molecule has 3 nitrogen and oxygen atoms in total. The number of nitrogens with one attached hydrogen (secondary N) is 1. The van der Waals surface area contributed by atoms with E-state index in [1.165, 1.54) is 11.1 Å². The summed E-state index contributed by atoms with van der Waals surface area (Å²) in [6.07, 6.45) is 0. The van der Waals surface area contributed by atoms with Crippen LogP contribution >= 0.6 is 0 Å². The van der Waals surface area contributed by atoms with E-state index in [4.69, 9.17) is 0 Å². The fourth-order valence-corrected chi connectivity index (χ4v) is 1.97. The van der Waals surface area contributed by atoms with Crippen LogP contribution < -0.4 is 5.32 Å². The van der Waals surface area contributed by atoms with E-state index in [9.17, 15) is 0 Å². The molecule has 0 heterocycles. The second-order valence-corrected chi connectivity index (χ2v) is 6.96. The first-order chi connectivity index (χ1) is 9.26. The van der Waals surface area contributed by atoms with Crippen LogP contribution in [-0.2, 0) is 13.1 Å². The molecule has 0 spiro atoms. The maximum absolute atomic E-state index is 3.54. The van der Waals surface area contributed by atoms with Gasteiger partial charge in [0.15, 0.2) is 0 Å². The van der Waals surface area contributed by atoms with E-state index in [1.807, 2.05) is 0 Å². The quantitative estimate of drug-likeness (QED) is 0.826. The van der Waals surface area contributed by atoms with Crippen LogP contribution in [0.15, 0.2) is 24.3 Å². The van der Waals surface area contributed by atoms with Gasteiger partial charge in [-0.3, -0.25) is 0 Å². The molecule has 20 heavy (non-hydrogen) atoms. The van der Waals surface area contributed by atoms with Crippen molar-refractivity contribution in [1.29, 1.82) is 0 Å². The lowest BCUT2D eigenvalue weighted by Crippen LogP contribution is -2.35. The Labute approximate surface area is 125 Å². The maximum atomic E-state index is 3.54. The first kappa shape index (κ1) is 17.2. The zero-order chi connectivity index (χ0) is 15.2. The van der Waals surface area contributed by atoms with Crippen molar-refractivity contribution in [2.75, 3.05) is 34.2 Å². The first-order valence-corrected chi connectivity index (χ1v) is 7.42. The Kier molecular flexibility index (Phi) is 6.66. The molecule has 0 fully saturated rings. The van der Waals surface area contributed by atoms with Gasteiger partial charge in [-0.15, -0.1) is 0 Å². The fourth-order valence-electron chi connectivity index (χ4n) is 1.97. The highest BCUT2D eigenvalue weighted by Crippen LogP contribution is 2.09. The summed E-state index contributed by atoms with van der Waals surface area (Å²) in [6.45, 7) is 10.7. The molecular formula is C17H31N3. The lowest BCUT2D eigenvalue weighted by Gasteiger charge is -2.22. The lowest BCUT2D eigenvalue weighted by molar-refractivity contribution is 0.276. The van der Waals surface area contributed by atoms with Crippen molar-refractivity contribution in [2.45, 2.75) is 39.4 Å². The minimum atomic E-state index is 0.165. The standard InChI is InChI=1S/C17H31N3/c1-17(2,3)18-13-15-8-7-9-16(12-15)14-20(6)11-10-19(4)5/h7-9,12,18H,10-11,13-14H2,1-6H3. The highest BCUT2D eigenvalue weighted by atomic mass is 15.1. The highest BCUT2D eigenvalue weighted by molar-refractivity contribution is 5.23. The summed E-state index contributed by atoms with van der Waals surface area (Å²) in [6, 6.07) is 8.88. The van der Waals surface area contributed by atoms with Gasteiger partial charge in [0.25, 0.3) is 0 Å². The van der Waals surface area contributed by atoms with Gasteiger partial charge in [0.2, 0.25) is 0 Å². The third-order valence-corrected chi connectivity index (χ3v) is 3.20. The average Bonchev–Trinajstić information content (AvgIpc) is 2.34. The Hall–Kier alpha value is -0.900. The van der Waals surface area contributed by atoms with E-state index >= 15 is 0 Å². The smallest absolute Gasteiger partial charge is 0.0231 e. The molecule has 1 aromatic carbocycles. The molecule has 0 bridgehead atoms. The third-order valence-electron chi connectivity index (χ3n) is 3.20.